The SMILES string of the molecule is NCc1cc(F)cc(Oc2ccc(C(F)(F)F)cc2)c1. The molecule has 2 aromatic carbocycles. The highest BCUT2D eigenvalue weighted by molar-refractivity contribution is 5.36. The number of ether oxygens (including phenoxy) is 1. The third-order valence-corrected chi connectivity index (χ3v) is 2.58. The van der Waals surface area contributed by atoms with E-state index in [1.807, 2.05) is 0 Å². The normalized spacial score (nSPS) is 11.4. The van der Waals surface area contributed by atoms with Crippen LogP contribution >= 0.6 is 0 Å². The molecule has 0 saturated heterocycles. The monoisotopic (exact) mass is 285 g/mol. The molecule has 0 aliphatic heterocycles. The van der Waals surface area contributed by atoms with Crippen LogP contribution in [0.15, 0.2) is 42.5 Å². The smallest absolute Gasteiger partial charge is 0.416 e. The Morgan fingerprint density at radius 2 is 1.60 bits per heavy atom. The molecule has 2 N–H and O–H groups in total. The van der Waals surface area contributed by atoms with E-state index in [1.165, 1.54) is 24.3 Å². The molecule has 106 valence electrons. The Morgan fingerprint density at radius 3 is 2.15 bits per heavy atom. The van der Waals surface area contributed by atoms with E-state index in [2.05, 4.69) is 0 Å². The highest BCUT2D eigenvalue weighted by Crippen LogP contribution is 2.31. The van der Waals surface area contributed by atoms with E-state index >= 15 is 0 Å². The molecule has 2 rings (SSSR count). The lowest BCUT2D eigenvalue weighted by Crippen LogP contribution is -2.04. The Morgan fingerprint density at radius 1 is 0.950 bits per heavy atom. The first-order chi connectivity index (χ1) is 9.38. The fourth-order valence-electron chi connectivity index (χ4n) is 1.65. The molecule has 0 atom stereocenters. The predicted molar refractivity (Wildman–Crippen MR) is 65.8 cm³/mol. The van der Waals surface area contributed by atoms with Gasteiger partial charge < -0.3 is 10.5 Å². The third kappa shape index (κ3) is 3.48. The molecule has 2 nitrogen and oxygen atoms in total. The average molecular weight is 285 g/mol. The van der Waals surface area contributed by atoms with E-state index in [1.54, 1.807) is 0 Å². The number of nitrogens with two attached hydrogens (primary N) is 1. The Bertz CT molecular complexity index is 593. The molecule has 0 aromatic heterocycles. The molecule has 2 aromatic rings. The first kappa shape index (κ1) is 14.3. The molecule has 0 spiro atoms. The summed E-state index contributed by atoms with van der Waals surface area (Å²) in [4.78, 5) is 0. The van der Waals surface area contributed by atoms with E-state index < -0.39 is 17.6 Å². The van der Waals surface area contributed by atoms with Crippen molar-refractivity contribution in [3.05, 3.63) is 59.4 Å². The summed E-state index contributed by atoms with van der Waals surface area (Å²) in [7, 11) is 0. The van der Waals surface area contributed by atoms with Gasteiger partial charge in [0.15, 0.2) is 0 Å². The van der Waals surface area contributed by atoms with Crippen molar-refractivity contribution in [3.8, 4) is 11.5 Å². The fraction of sp³-hybridized carbons (Fsp3) is 0.143. The molecule has 0 saturated carbocycles. The van der Waals surface area contributed by atoms with Gasteiger partial charge >= 0.3 is 6.18 Å². The standard InChI is InChI=1S/C14H11F4NO/c15-11-5-9(8-19)6-13(7-11)20-12-3-1-10(2-4-12)14(16,17)18/h1-7H,8,19H2. The van der Waals surface area contributed by atoms with Crippen molar-refractivity contribution < 1.29 is 22.3 Å². The van der Waals surface area contributed by atoms with Gasteiger partial charge in [-0.15, -0.1) is 0 Å². The average Bonchev–Trinajstić information content (AvgIpc) is 2.37. The van der Waals surface area contributed by atoms with Gasteiger partial charge in [-0.2, -0.15) is 13.2 Å². The number of rotatable bonds is 3. The number of hydrogen-bond donors (Lipinski definition) is 1. The lowest BCUT2D eigenvalue weighted by atomic mass is 10.2. The molecule has 20 heavy (non-hydrogen) atoms. The topological polar surface area (TPSA) is 35.2 Å². The van der Waals surface area contributed by atoms with Crippen LogP contribution in [0.1, 0.15) is 11.1 Å². The van der Waals surface area contributed by atoms with Crippen LogP contribution in [-0.2, 0) is 12.7 Å². The highest BCUT2D eigenvalue weighted by atomic mass is 19.4. The van der Waals surface area contributed by atoms with E-state index in [-0.39, 0.29) is 18.0 Å². The van der Waals surface area contributed by atoms with Crippen LogP contribution in [0.3, 0.4) is 0 Å². The minimum absolute atomic E-state index is 0.140. The zero-order valence-electron chi connectivity index (χ0n) is 10.2. The van der Waals surface area contributed by atoms with Gasteiger partial charge in [0.1, 0.15) is 17.3 Å². The summed E-state index contributed by atoms with van der Waals surface area (Å²) in [5.74, 6) is -0.147. The van der Waals surface area contributed by atoms with Crippen LogP contribution < -0.4 is 10.5 Å². The summed E-state index contributed by atoms with van der Waals surface area (Å²) < 4.78 is 55.7. The van der Waals surface area contributed by atoms with Gasteiger partial charge in [-0.05, 0) is 42.0 Å². The van der Waals surface area contributed by atoms with Crippen molar-refractivity contribution in [2.24, 2.45) is 5.73 Å². The predicted octanol–water partition coefficient (Wildman–Crippen LogP) is 4.10. The molecule has 0 radical (unpaired) electrons. The van der Waals surface area contributed by atoms with Gasteiger partial charge in [-0.1, -0.05) is 0 Å². The molecular formula is C14H11F4NO. The Hall–Kier alpha value is -2.08. The minimum atomic E-state index is -4.40. The maximum Gasteiger partial charge on any atom is 0.416 e. The molecular weight excluding hydrogens is 274 g/mol. The van der Waals surface area contributed by atoms with Crippen molar-refractivity contribution in [1.82, 2.24) is 0 Å². The number of alkyl halides is 3. The number of hydrogen-bond acceptors (Lipinski definition) is 2. The summed E-state index contributed by atoms with van der Waals surface area (Å²) in [5, 5.41) is 0. The van der Waals surface area contributed by atoms with Crippen LogP contribution in [-0.4, -0.2) is 0 Å². The van der Waals surface area contributed by atoms with Crippen molar-refractivity contribution in [3.63, 3.8) is 0 Å². The summed E-state index contributed by atoms with van der Waals surface area (Å²) in [6.45, 7) is 0.140. The van der Waals surface area contributed by atoms with Gasteiger partial charge in [0.2, 0.25) is 0 Å². The maximum absolute atomic E-state index is 13.3. The quantitative estimate of drug-likeness (QED) is 0.862. The Kier molecular flexibility index (Phi) is 3.94. The largest absolute Gasteiger partial charge is 0.457 e. The van der Waals surface area contributed by atoms with E-state index in [4.69, 9.17) is 10.5 Å². The number of benzene rings is 2. The molecule has 0 aliphatic rings. The van der Waals surface area contributed by atoms with Crippen LogP contribution in [0, 0.1) is 5.82 Å². The third-order valence-electron chi connectivity index (χ3n) is 2.58. The lowest BCUT2D eigenvalue weighted by Gasteiger charge is -2.10. The van der Waals surface area contributed by atoms with Gasteiger partial charge in [0, 0.05) is 12.6 Å². The van der Waals surface area contributed by atoms with Crippen molar-refractivity contribution in [2.45, 2.75) is 12.7 Å². The second-order valence-electron chi connectivity index (χ2n) is 4.12. The van der Waals surface area contributed by atoms with Crippen molar-refractivity contribution in [2.75, 3.05) is 0 Å². The fourth-order valence-corrected chi connectivity index (χ4v) is 1.65. The maximum atomic E-state index is 13.3. The zero-order chi connectivity index (χ0) is 14.8. The minimum Gasteiger partial charge on any atom is -0.457 e. The molecule has 6 heteroatoms. The van der Waals surface area contributed by atoms with Crippen molar-refractivity contribution >= 4 is 0 Å². The summed E-state index contributed by atoms with van der Waals surface area (Å²) in [5.41, 5.74) is 5.16. The molecule has 0 bridgehead atoms. The molecule has 0 unspecified atom stereocenters. The second-order valence-corrected chi connectivity index (χ2v) is 4.12. The Labute approximate surface area is 112 Å². The first-order valence-electron chi connectivity index (χ1n) is 5.73. The molecule has 0 aliphatic carbocycles. The van der Waals surface area contributed by atoms with Crippen LogP contribution in [0.25, 0.3) is 0 Å². The summed E-state index contributed by atoms with van der Waals surface area (Å²) in [6, 6.07) is 8.08. The molecule has 0 amide bonds. The van der Waals surface area contributed by atoms with E-state index in [0.29, 0.717) is 5.56 Å². The van der Waals surface area contributed by atoms with Crippen molar-refractivity contribution in [1.29, 1.82) is 0 Å². The summed E-state index contributed by atoms with van der Waals surface area (Å²) in [6.07, 6.45) is -4.40. The van der Waals surface area contributed by atoms with E-state index in [9.17, 15) is 17.6 Å². The van der Waals surface area contributed by atoms with E-state index in [0.717, 1.165) is 18.2 Å². The highest BCUT2D eigenvalue weighted by Gasteiger charge is 2.30. The van der Waals surface area contributed by atoms with Crippen LogP contribution in [0.5, 0.6) is 11.5 Å². The Balaban J connectivity index is 2.20. The molecule has 0 heterocycles. The van der Waals surface area contributed by atoms with Gasteiger partial charge in [0.25, 0.3) is 0 Å². The van der Waals surface area contributed by atoms with Gasteiger partial charge in [-0.25, -0.2) is 4.39 Å². The van der Waals surface area contributed by atoms with Crippen LogP contribution in [0.2, 0.25) is 0 Å². The lowest BCUT2D eigenvalue weighted by molar-refractivity contribution is -0.137. The first-order valence-corrected chi connectivity index (χ1v) is 5.73. The second kappa shape index (κ2) is 5.50. The number of halogens is 4. The summed E-state index contributed by atoms with van der Waals surface area (Å²) >= 11 is 0. The van der Waals surface area contributed by atoms with Crippen LogP contribution in [0.4, 0.5) is 17.6 Å². The van der Waals surface area contributed by atoms with Gasteiger partial charge in [0.05, 0.1) is 5.56 Å². The van der Waals surface area contributed by atoms with Gasteiger partial charge in [-0.3, -0.25) is 0 Å². The molecule has 0 fully saturated rings. The zero-order valence-corrected chi connectivity index (χ0v) is 10.2.